The number of carbonyl (C=O) groups excluding carboxylic acids is 1. The molecule has 4 rings (SSSR count). The Bertz CT molecular complexity index is 952. The highest BCUT2D eigenvalue weighted by Crippen LogP contribution is 2.32. The van der Waals surface area contributed by atoms with Gasteiger partial charge in [-0.25, -0.2) is 9.78 Å². The summed E-state index contributed by atoms with van der Waals surface area (Å²) < 4.78 is 12.4. The van der Waals surface area contributed by atoms with E-state index in [1.807, 2.05) is 41.3 Å². The van der Waals surface area contributed by atoms with Crippen molar-refractivity contribution in [2.24, 2.45) is 0 Å². The molecular weight excluding hydrogens is 386 g/mol. The molecule has 29 heavy (non-hydrogen) atoms. The first kappa shape index (κ1) is 19.5. The number of methoxy groups -OCH3 is 1. The summed E-state index contributed by atoms with van der Waals surface area (Å²) in [4.78, 5) is 18.8. The molecule has 2 amide bonds. The molecule has 1 N–H and O–H groups in total. The van der Waals surface area contributed by atoms with Gasteiger partial charge in [-0.05, 0) is 30.2 Å². The number of benzene rings is 2. The number of aromatic nitrogens is 1. The topological polar surface area (TPSA) is 63.7 Å². The number of ether oxygens (including phenoxy) is 2. The minimum atomic E-state index is 0.00598. The van der Waals surface area contributed by atoms with E-state index in [2.05, 4.69) is 22.4 Å². The van der Waals surface area contributed by atoms with Crippen LogP contribution >= 0.6 is 11.3 Å². The number of hydrogen-bond donors (Lipinski definition) is 1. The predicted octanol–water partition coefficient (Wildman–Crippen LogP) is 4.10. The molecule has 0 radical (unpaired) electrons. The smallest absolute Gasteiger partial charge is 0.317 e. The summed E-state index contributed by atoms with van der Waals surface area (Å²) >= 11 is 1.53. The average molecular weight is 412 g/mol. The van der Waals surface area contributed by atoms with Gasteiger partial charge in [-0.2, -0.15) is 0 Å². The zero-order chi connectivity index (χ0) is 20.1. The molecule has 0 unspecified atom stereocenters. The van der Waals surface area contributed by atoms with E-state index in [1.165, 1.54) is 16.9 Å². The summed E-state index contributed by atoms with van der Waals surface area (Å²) in [6.45, 7) is 2.04. The summed E-state index contributed by atoms with van der Waals surface area (Å²) in [6, 6.07) is 16.0. The second-order valence-corrected chi connectivity index (χ2v) is 8.08. The first-order valence-electron chi connectivity index (χ1n) is 9.89. The summed E-state index contributed by atoms with van der Waals surface area (Å²) in [7, 11) is 1.66. The van der Waals surface area contributed by atoms with Crippen molar-refractivity contribution in [2.45, 2.75) is 25.4 Å². The molecule has 1 saturated heterocycles. The number of urea groups is 1. The second-order valence-electron chi connectivity index (χ2n) is 7.09. The zero-order valence-corrected chi connectivity index (χ0v) is 17.3. The Labute approximate surface area is 174 Å². The van der Waals surface area contributed by atoms with Crippen LogP contribution < -0.4 is 14.8 Å². The van der Waals surface area contributed by atoms with Crippen molar-refractivity contribution in [3.05, 3.63) is 54.1 Å². The number of carbonyl (C=O) groups is 1. The van der Waals surface area contributed by atoms with E-state index in [1.54, 1.807) is 7.11 Å². The Morgan fingerprint density at radius 3 is 2.76 bits per heavy atom. The fourth-order valence-corrected chi connectivity index (χ4v) is 4.36. The van der Waals surface area contributed by atoms with Gasteiger partial charge in [0.05, 0.1) is 17.3 Å². The Morgan fingerprint density at radius 2 is 2.00 bits per heavy atom. The Hall–Kier alpha value is -2.80. The molecule has 1 aliphatic rings. The lowest BCUT2D eigenvalue weighted by Gasteiger charge is -2.31. The van der Waals surface area contributed by atoms with Gasteiger partial charge in [0, 0.05) is 32.5 Å². The number of fused-ring (bicyclic) bond motifs is 1. The van der Waals surface area contributed by atoms with Crippen molar-refractivity contribution >= 4 is 27.6 Å². The highest BCUT2D eigenvalue weighted by molar-refractivity contribution is 7.20. The third-order valence-electron chi connectivity index (χ3n) is 5.11. The van der Waals surface area contributed by atoms with Crippen molar-refractivity contribution in [3.8, 4) is 10.9 Å². The number of amides is 2. The third kappa shape index (κ3) is 4.98. The van der Waals surface area contributed by atoms with Gasteiger partial charge in [-0.1, -0.05) is 41.7 Å². The molecule has 152 valence electrons. The van der Waals surface area contributed by atoms with Crippen molar-refractivity contribution in [1.82, 2.24) is 15.2 Å². The monoisotopic (exact) mass is 411 g/mol. The summed E-state index contributed by atoms with van der Waals surface area (Å²) in [5.74, 6) is 0.819. The third-order valence-corrected chi connectivity index (χ3v) is 6.01. The summed E-state index contributed by atoms with van der Waals surface area (Å²) in [6.07, 6.45) is 2.55. The van der Waals surface area contributed by atoms with Gasteiger partial charge in [-0.15, -0.1) is 0 Å². The number of nitrogens with zero attached hydrogens (tertiary/aromatic N) is 2. The maximum Gasteiger partial charge on any atom is 0.317 e. The Morgan fingerprint density at radius 1 is 1.21 bits per heavy atom. The lowest BCUT2D eigenvalue weighted by atomic mass is 10.1. The molecule has 0 atom stereocenters. The van der Waals surface area contributed by atoms with E-state index in [0.717, 1.165) is 35.2 Å². The normalized spacial score (nSPS) is 14.7. The van der Waals surface area contributed by atoms with E-state index in [0.29, 0.717) is 24.8 Å². The maximum atomic E-state index is 12.4. The van der Waals surface area contributed by atoms with Crippen LogP contribution in [0.3, 0.4) is 0 Å². The van der Waals surface area contributed by atoms with Gasteiger partial charge in [0.15, 0.2) is 0 Å². The van der Waals surface area contributed by atoms with Crippen molar-refractivity contribution < 1.29 is 14.3 Å². The van der Waals surface area contributed by atoms with E-state index >= 15 is 0 Å². The molecule has 3 aromatic rings. The van der Waals surface area contributed by atoms with E-state index in [9.17, 15) is 4.79 Å². The van der Waals surface area contributed by atoms with Crippen LogP contribution in [0.25, 0.3) is 10.2 Å². The highest BCUT2D eigenvalue weighted by Gasteiger charge is 2.24. The lowest BCUT2D eigenvalue weighted by molar-refractivity contribution is 0.111. The van der Waals surface area contributed by atoms with Gasteiger partial charge in [-0.3, -0.25) is 0 Å². The molecule has 2 aromatic carbocycles. The molecular formula is C22H25N3O3S. The lowest BCUT2D eigenvalue weighted by Crippen LogP contribution is -2.46. The maximum absolute atomic E-state index is 12.4. The minimum absolute atomic E-state index is 0.00598. The molecule has 7 heteroatoms. The van der Waals surface area contributed by atoms with Crippen molar-refractivity contribution in [1.29, 1.82) is 0 Å². The zero-order valence-electron chi connectivity index (χ0n) is 16.5. The average Bonchev–Trinajstić information content (AvgIpc) is 3.16. The molecule has 0 bridgehead atoms. The number of rotatable bonds is 6. The van der Waals surface area contributed by atoms with Crippen LogP contribution in [-0.2, 0) is 6.42 Å². The molecule has 0 aliphatic carbocycles. The van der Waals surface area contributed by atoms with Crippen LogP contribution in [0.15, 0.2) is 48.5 Å². The van der Waals surface area contributed by atoms with Crippen LogP contribution in [0.2, 0.25) is 0 Å². The summed E-state index contributed by atoms with van der Waals surface area (Å²) in [5.41, 5.74) is 2.15. The van der Waals surface area contributed by atoms with Crippen LogP contribution in [0, 0.1) is 0 Å². The minimum Gasteiger partial charge on any atom is -0.497 e. The largest absolute Gasteiger partial charge is 0.497 e. The summed E-state index contributed by atoms with van der Waals surface area (Å²) in [5, 5.41) is 3.70. The molecule has 0 saturated carbocycles. The van der Waals surface area contributed by atoms with Gasteiger partial charge >= 0.3 is 6.03 Å². The number of nitrogens with one attached hydrogen (secondary N) is 1. The molecule has 1 aliphatic heterocycles. The second kappa shape index (κ2) is 9.13. The number of likely N-dealkylation sites (tertiary alicyclic amines) is 1. The van der Waals surface area contributed by atoms with Gasteiger partial charge in [0.1, 0.15) is 11.9 Å². The first-order chi connectivity index (χ1) is 14.2. The van der Waals surface area contributed by atoms with Crippen LogP contribution in [0.1, 0.15) is 18.4 Å². The number of hydrogen-bond acceptors (Lipinski definition) is 5. The first-order valence-corrected chi connectivity index (χ1v) is 10.7. The molecule has 1 fully saturated rings. The van der Waals surface area contributed by atoms with E-state index in [-0.39, 0.29) is 12.1 Å². The van der Waals surface area contributed by atoms with Gasteiger partial charge in [0.25, 0.3) is 5.19 Å². The fourth-order valence-electron chi connectivity index (χ4n) is 3.45. The standard InChI is InChI=1S/C22H25N3O3S/c1-27-18-7-8-19-20(15-18)29-22(24-19)28-17-10-13-25(14-11-17)21(26)23-12-9-16-5-3-2-4-6-16/h2-8,15,17H,9-14H2,1H3,(H,23,26). The van der Waals surface area contributed by atoms with Crippen LogP contribution in [0.4, 0.5) is 4.79 Å². The fraction of sp³-hybridized carbons (Fsp3) is 0.364. The van der Waals surface area contributed by atoms with E-state index < -0.39 is 0 Å². The quantitative estimate of drug-likeness (QED) is 0.663. The van der Waals surface area contributed by atoms with Crippen LogP contribution in [-0.4, -0.2) is 48.8 Å². The Balaban J connectivity index is 1.23. The number of piperidine rings is 1. The number of thiazole rings is 1. The Kier molecular flexibility index (Phi) is 6.14. The van der Waals surface area contributed by atoms with Gasteiger partial charge < -0.3 is 19.7 Å². The SMILES string of the molecule is COc1ccc2nc(OC3CCN(C(=O)NCCc4ccccc4)CC3)sc2c1. The molecule has 1 aromatic heterocycles. The van der Waals surface area contributed by atoms with Crippen molar-refractivity contribution in [2.75, 3.05) is 26.7 Å². The highest BCUT2D eigenvalue weighted by atomic mass is 32.1. The van der Waals surface area contributed by atoms with Gasteiger partial charge in [0.2, 0.25) is 0 Å². The predicted molar refractivity (Wildman–Crippen MR) is 115 cm³/mol. The van der Waals surface area contributed by atoms with Crippen LogP contribution in [0.5, 0.6) is 10.9 Å². The van der Waals surface area contributed by atoms with E-state index in [4.69, 9.17) is 9.47 Å². The molecule has 0 spiro atoms. The molecule has 6 nitrogen and oxygen atoms in total. The molecule has 2 heterocycles. The van der Waals surface area contributed by atoms with Crippen molar-refractivity contribution in [3.63, 3.8) is 0 Å².